The SMILES string of the molecule is CC1(C)COC2(c3cccc(O[Si](C)(C)C(C)(C)C)c3)OOC12C12CC3CC(CC(C3)C1)C2. The van der Waals surface area contributed by atoms with Crippen LogP contribution in [0.4, 0.5) is 0 Å². The molecule has 0 N–H and O–H groups in total. The summed E-state index contributed by atoms with van der Waals surface area (Å²) in [7, 11) is -1.95. The largest absolute Gasteiger partial charge is 0.543 e. The monoisotopic (exact) mass is 470 g/mol. The number of benzene rings is 1. The summed E-state index contributed by atoms with van der Waals surface area (Å²) in [4.78, 5) is 12.6. The average Bonchev–Trinajstić information content (AvgIpc) is 2.81. The number of hydrogen-bond donors (Lipinski definition) is 0. The minimum absolute atomic E-state index is 0.118. The lowest BCUT2D eigenvalue weighted by Gasteiger charge is -2.70. The van der Waals surface area contributed by atoms with Gasteiger partial charge in [0, 0.05) is 16.4 Å². The van der Waals surface area contributed by atoms with Crippen LogP contribution in [0.1, 0.15) is 78.7 Å². The first-order valence-corrected chi connectivity index (χ1v) is 16.0. The molecule has 4 bridgehead atoms. The molecule has 182 valence electrons. The molecule has 5 heteroatoms. The molecule has 4 nitrogen and oxygen atoms in total. The predicted octanol–water partition coefficient (Wildman–Crippen LogP) is 7.20. The van der Waals surface area contributed by atoms with Crippen LogP contribution in [0.2, 0.25) is 18.1 Å². The van der Waals surface area contributed by atoms with Crippen LogP contribution in [0.15, 0.2) is 24.3 Å². The van der Waals surface area contributed by atoms with Crippen molar-refractivity contribution in [1.29, 1.82) is 0 Å². The van der Waals surface area contributed by atoms with Crippen molar-refractivity contribution in [2.24, 2.45) is 28.6 Å². The zero-order chi connectivity index (χ0) is 23.5. The fraction of sp³-hybridized carbons (Fsp3) is 0.786. The molecule has 6 fully saturated rings. The van der Waals surface area contributed by atoms with Gasteiger partial charge in [0.2, 0.25) is 8.32 Å². The zero-order valence-electron chi connectivity index (χ0n) is 21.6. The minimum Gasteiger partial charge on any atom is -0.543 e. The number of ether oxygens (including phenoxy) is 1. The minimum atomic E-state index is -1.95. The Morgan fingerprint density at radius 1 is 0.939 bits per heavy atom. The molecule has 2 saturated heterocycles. The third-order valence-electron chi connectivity index (χ3n) is 10.5. The van der Waals surface area contributed by atoms with Gasteiger partial charge < -0.3 is 9.16 Å². The van der Waals surface area contributed by atoms with Crippen molar-refractivity contribution in [2.75, 3.05) is 6.61 Å². The van der Waals surface area contributed by atoms with E-state index in [0.717, 1.165) is 29.1 Å². The smallest absolute Gasteiger partial charge is 0.261 e. The molecule has 6 aliphatic rings. The summed E-state index contributed by atoms with van der Waals surface area (Å²) in [5, 5.41) is 0.145. The third-order valence-corrected chi connectivity index (χ3v) is 14.9. The molecule has 2 heterocycles. The number of fused-ring (bicyclic) bond motifs is 1. The van der Waals surface area contributed by atoms with Crippen molar-refractivity contribution < 1.29 is 18.9 Å². The summed E-state index contributed by atoms with van der Waals surface area (Å²) < 4.78 is 13.4. The highest BCUT2D eigenvalue weighted by molar-refractivity contribution is 6.74. The standard InChI is InChI=1S/C28H42O4Si/c1-24(2,3)33(6,7)30-23-10-8-9-22(14-23)27-28(32-31-27,25(4,5)18-29-27)26-15-19-11-20(16-26)13-21(12-19)17-26/h8-10,14,19-21H,11-13,15-18H2,1-7H3. The van der Waals surface area contributed by atoms with Gasteiger partial charge in [-0.3, -0.25) is 0 Å². The lowest BCUT2D eigenvalue weighted by Crippen LogP contribution is -2.77. The molecular formula is C28H42O4Si. The normalized spacial score (nSPS) is 43.3. The Morgan fingerprint density at radius 2 is 1.55 bits per heavy atom. The quantitative estimate of drug-likeness (QED) is 0.344. The van der Waals surface area contributed by atoms with Crippen LogP contribution in [0.5, 0.6) is 5.75 Å². The summed E-state index contributed by atoms with van der Waals surface area (Å²) in [5.41, 5.74) is 0.633. The predicted molar refractivity (Wildman–Crippen MR) is 131 cm³/mol. The fourth-order valence-electron chi connectivity index (χ4n) is 8.51. The van der Waals surface area contributed by atoms with Crippen LogP contribution in [-0.4, -0.2) is 20.5 Å². The van der Waals surface area contributed by atoms with Crippen molar-refractivity contribution in [3.63, 3.8) is 0 Å². The third kappa shape index (κ3) is 2.80. The molecule has 2 atom stereocenters. The summed E-state index contributed by atoms with van der Waals surface area (Å²) in [6.07, 6.45) is 8.03. The van der Waals surface area contributed by atoms with E-state index in [4.69, 9.17) is 18.9 Å². The molecule has 1 aromatic carbocycles. The first-order chi connectivity index (χ1) is 15.3. The van der Waals surface area contributed by atoms with Gasteiger partial charge in [-0.2, -0.15) is 4.89 Å². The molecular weight excluding hydrogens is 428 g/mol. The lowest BCUT2D eigenvalue weighted by atomic mass is 9.40. The molecule has 2 aliphatic heterocycles. The van der Waals surface area contributed by atoms with Crippen LogP contribution in [0.25, 0.3) is 0 Å². The highest BCUT2D eigenvalue weighted by Gasteiger charge is 2.85. The van der Waals surface area contributed by atoms with Crippen LogP contribution in [0, 0.1) is 28.6 Å². The molecule has 2 unspecified atom stereocenters. The van der Waals surface area contributed by atoms with Crippen LogP contribution < -0.4 is 4.43 Å². The summed E-state index contributed by atoms with van der Waals surface area (Å²) in [6, 6.07) is 8.54. The maximum atomic E-state index is 6.69. The second-order valence-electron chi connectivity index (χ2n) is 14.2. The molecule has 4 aliphatic carbocycles. The first-order valence-electron chi connectivity index (χ1n) is 13.1. The van der Waals surface area contributed by atoms with Gasteiger partial charge in [0.1, 0.15) is 5.75 Å². The Hall–Kier alpha value is -0.883. The van der Waals surface area contributed by atoms with Gasteiger partial charge in [0.05, 0.1) is 6.61 Å². The second kappa shape index (κ2) is 6.66. The van der Waals surface area contributed by atoms with Gasteiger partial charge in [-0.15, -0.1) is 0 Å². The molecule has 0 aromatic heterocycles. The van der Waals surface area contributed by atoms with Crippen LogP contribution >= 0.6 is 0 Å². The Kier molecular flexibility index (Phi) is 4.55. The van der Waals surface area contributed by atoms with Gasteiger partial charge in [0.15, 0.2) is 5.60 Å². The molecule has 4 saturated carbocycles. The molecule has 1 aromatic rings. The summed E-state index contributed by atoms with van der Waals surface area (Å²) >= 11 is 0. The van der Waals surface area contributed by atoms with E-state index >= 15 is 0 Å². The Morgan fingerprint density at radius 3 is 2.06 bits per heavy atom. The van der Waals surface area contributed by atoms with E-state index in [0.29, 0.717) is 6.61 Å². The van der Waals surface area contributed by atoms with Gasteiger partial charge in [-0.25, -0.2) is 4.89 Å². The van der Waals surface area contributed by atoms with Crippen molar-refractivity contribution in [2.45, 2.75) is 103 Å². The molecule has 0 radical (unpaired) electrons. The second-order valence-corrected chi connectivity index (χ2v) is 18.9. The van der Waals surface area contributed by atoms with Crippen LogP contribution in [0.3, 0.4) is 0 Å². The molecule has 0 amide bonds. The van der Waals surface area contributed by atoms with Gasteiger partial charge in [-0.1, -0.05) is 46.8 Å². The van der Waals surface area contributed by atoms with E-state index in [2.05, 4.69) is 72.0 Å². The van der Waals surface area contributed by atoms with Crippen molar-refractivity contribution >= 4 is 8.32 Å². The van der Waals surface area contributed by atoms with Crippen LogP contribution in [-0.2, 0) is 20.3 Å². The van der Waals surface area contributed by atoms with Crippen molar-refractivity contribution in [3.05, 3.63) is 29.8 Å². The fourth-order valence-corrected chi connectivity index (χ4v) is 9.53. The number of rotatable bonds is 4. The molecule has 0 spiro atoms. The number of hydrogen-bond acceptors (Lipinski definition) is 4. The Balaban J connectivity index is 1.42. The zero-order valence-corrected chi connectivity index (χ0v) is 22.6. The van der Waals surface area contributed by atoms with E-state index in [1.165, 1.54) is 38.5 Å². The molecule has 33 heavy (non-hydrogen) atoms. The first kappa shape index (κ1) is 22.6. The maximum absolute atomic E-state index is 6.69. The van der Waals surface area contributed by atoms with Crippen molar-refractivity contribution in [3.8, 4) is 5.75 Å². The van der Waals surface area contributed by atoms with E-state index in [1.807, 2.05) is 0 Å². The topological polar surface area (TPSA) is 36.9 Å². The van der Waals surface area contributed by atoms with E-state index in [9.17, 15) is 0 Å². The van der Waals surface area contributed by atoms with Gasteiger partial charge in [-0.05, 0) is 86.5 Å². The molecule has 7 rings (SSSR count). The van der Waals surface area contributed by atoms with E-state index < -0.39 is 19.7 Å². The Bertz CT molecular complexity index is 928. The highest BCUT2D eigenvalue weighted by Crippen LogP contribution is 2.77. The van der Waals surface area contributed by atoms with Gasteiger partial charge in [0.25, 0.3) is 5.79 Å². The lowest BCUT2D eigenvalue weighted by molar-refractivity contribution is -0.633. The van der Waals surface area contributed by atoms with E-state index in [1.54, 1.807) is 0 Å². The maximum Gasteiger partial charge on any atom is 0.261 e. The van der Waals surface area contributed by atoms with E-state index in [-0.39, 0.29) is 15.9 Å². The average molecular weight is 471 g/mol. The summed E-state index contributed by atoms with van der Waals surface area (Å²) in [5.74, 6) is 2.62. The van der Waals surface area contributed by atoms with Gasteiger partial charge >= 0.3 is 0 Å². The Labute approximate surface area is 200 Å². The summed E-state index contributed by atoms with van der Waals surface area (Å²) in [6.45, 7) is 16.8. The van der Waals surface area contributed by atoms with Crippen molar-refractivity contribution in [1.82, 2.24) is 0 Å². The highest BCUT2D eigenvalue weighted by atomic mass is 28.4.